The molecule has 1 aromatic rings. The van der Waals surface area contributed by atoms with Crippen LogP contribution in [0.2, 0.25) is 0 Å². The minimum absolute atomic E-state index is 0.0455. The van der Waals surface area contributed by atoms with Gasteiger partial charge >= 0.3 is 5.97 Å². The van der Waals surface area contributed by atoms with Gasteiger partial charge in [-0.15, -0.1) is 0 Å². The van der Waals surface area contributed by atoms with Gasteiger partial charge in [-0.3, -0.25) is 4.21 Å². The summed E-state index contributed by atoms with van der Waals surface area (Å²) in [6.07, 6.45) is 0.880. The van der Waals surface area contributed by atoms with Gasteiger partial charge in [0.1, 0.15) is 0 Å². The number of benzene rings is 1. The summed E-state index contributed by atoms with van der Waals surface area (Å²) in [5, 5.41) is 8.88. The monoisotopic (exact) mass is 268 g/mol. The highest BCUT2D eigenvalue weighted by atomic mass is 32.2. The number of hydrogen-bond donors (Lipinski definition) is 1. The maximum absolute atomic E-state index is 12.2. The Labute approximate surface area is 108 Å². The molecule has 4 nitrogen and oxygen atoms in total. The molecule has 2 rings (SSSR count). The first-order valence-electron chi connectivity index (χ1n) is 5.89. The molecule has 98 valence electrons. The highest BCUT2D eigenvalue weighted by molar-refractivity contribution is 7.84. The van der Waals surface area contributed by atoms with Crippen LogP contribution in [0.3, 0.4) is 0 Å². The van der Waals surface area contributed by atoms with Gasteiger partial charge in [0, 0.05) is 23.2 Å². The molecule has 1 N–H and O–H groups in total. The average Bonchev–Trinajstić information content (AvgIpc) is 2.76. The summed E-state index contributed by atoms with van der Waals surface area (Å²) < 4.78 is 17.6. The Morgan fingerprint density at radius 3 is 2.61 bits per heavy atom. The van der Waals surface area contributed by atoms with E-state index >= 15 is 0 Å². The number of carboxylic acid groups (broad SMARTS) is 1. The van der Waals surface area contributed by atoms with Crippen LogP contribution in [0.4, 0.5) is 0 Å². The topological polar surface area (TPSA) is 63.6 Å². The largest absolute Gasteiger partial charge is 0.478 e. The molecular formula is C13H16O4S. The number of aromatic carboxylic acids is 1. The van der Waals surface area contributed by atoms with Crippen molar-refractivity contribution in [2.24, 2.45) is 0 Å². The van der Waals surface area contributed by atoms with Crippen molar-refractivity contribution >= 4 is 16.8 Å². The van der Waals surface area contributed by atoms with Crippen LogP contribution in [0, 0.1) is 0 Å². The lowest BCUT2D eigenvalue weighted by molar-refractivity contribution is 0.0697. The van der Waals surface area contributed by atoms with Gasteiger partial charge in [-0.2, -0.15) is 0 Å². The van der Waals surface area contributed by atoms with E-state index in [4.69, 9.17) is 9.84 Å². The zero-order valence-corrected chi connectivity index (χ0v) is 11.0. The van der Waals surface area contributed by atoms with Gasteiger partial charge in [0.05, 0.1) is 16.9 Å². The van der Waals surface area contributed by atoms with E-state index in [1.54, 1.807) is 24.3 Å². The summed E-state index contributed by atoms with van der Waals surface area (Å²) in [5.41, 5.74) is 1.15. The lowest BCUT2D eigenvalue weighted by atomic mass is 10.1. The minimum atomic E-state index is -0.966. The third-order valence-corrected chi connectivity index (χ3v) is 5.07. The molecule has 0 amide bonds. The molecule has 1 aliphatic heterocycles. The van der Waals surface area contributed by atoms with Gasteiger partial charge in [0.2, 0.25) is 0 Å². The molecule has 18 heavy (non-hydrogen) atoms. The Kier molecular flexibility index (Phi) is 4.14. The fourth-order valence-corrected chi connectivity index (χ4v) is 3.67. The Morgan fingerprint density at radius 1 is 1.44 bits per heavy atom. The second-order valence-corrected chi connectivity index (χ2v) is 6.09. The van der Waals surface area contributed by atoms with E-state index < -0.39 is 16.8 Å². The first kappa shape index (κ1) is 13.2. The van der Waals surface area contributed by atoms with Gasteiger partial charge in [-0.05, 0) is 31.0 Å². The van der Waals surface area contributed by atoms with E-state index in [1.807, 2.05) is 6.92 Å². The van der Waals surface area contributed by atoms with Crippen LogP contribution in [0.25, 0.3) is 0 Å². The molecule has 1 saturated heterocycles. The van der Waals surface area contributed by atoms with Gasteiger partial charge in [-0.25, -0.2) is 4.79 Å². The first-order chi connectivity index (χ1) is 8.58. The molecule has 0 saturated carbocycles. The highest BCUT2D eigenvalue weighted by Gasteiger charge is 2.29. The number of carbonyl (C=O) groups is 1. The van der Waals surface area contributed by atoms with Crippen LogP contribution in [-0.2, 0) is 21.3 Å². The molecule has 5 heteroatoms. The standard InChI is InChI=1S/C13H16O4S/c1-9-12(6-7-17-9)18(16)8-10-2-4-11(5-3-10)13(14)15/h2-5,9,12H,6-8H2,1H3,(H,14,15). The molecule has 0 radical (unpaired) electrons. The Bertz CT molecular complexity index is 455. The molecule has 1 aromatic carbocycles. The summed E-state index contributed by atoms with van der Waals surface area (Å²) in [6.45, 7) is 2.62. The van der Waals surface area contributed by atoms with E-state index in [0.29, 0.717) is 12.4 Å². The number of ether oxygens (including phenoxy) is 1. The number of carboxylic acids is 1. The molecule has 0 aliphatic carbocycles. The molecule has 1 aliphatic rings. The number of hydrogen-bond acceptors (Lipinski definition) is 3. The summed E-state index contributed by atoms with van der Waals surface area (Å²) in [4.78, 5) is 10.7. The molecule has 0 spiro atoms. The van der Waals surface area contributed by atoms with Crippen LogP contribution in [0.1, 0.15) is 29.3 Å². The van der Waals surface area contributed by atoms with E-state index in [1.165, 1.54) is 0 Å². The summed E-state index contributed by atoms with van der Waals surface area (Å²) in [6, 6.07) is 6.54. The minimum Gasteiger partial charge on any atom is -0.478 e. The van der Waals surface area contributed by atoms with Crippen molar-refractivity contribution in [1.29, 1.82) is 0 Å². The third-order valence-electron chi connectivity index (χ3n) is 3.15. The predicted molar refractivity (Wildman–Crippen MR) is 69.1 cm³/mol. The highest BCUT2D eigenvalue weighted by Crippen LogP contribution is 2.21. The fourth-order valence-electron chi connectivity index (χ4n) is 2.07. The molecule has 1 fully saturated rings. The van der Waals surface area contributed by atoms with Crippen molar-refractivity contribution < 1.29 is 18.8 Å². The van der Waals surface area contributed by atoms with Crippen LogP contribution in [0.15, 0.2) is 24.3 Å². The van der Waals surface area contributed by atoms with Crippen molar-refractivity contribution in [3.63, 3.8) is 0 Å². The van der Waals surface area contributed by atoms with E-state index in [2.05, 4.69) is 0 Å². The molecule has 3 unspecified atom stereocenters. The quantitative estimate of drug-likeness (QED) is 0.904. The normalized spacial score (nSPS) is 24.9. The first-order valence-corrected chi connectivity index (χ1v) is 7.27. The van der Waals surface area contributed by atoms with Gasteiger partial charge in [-0.1, -0.05) is 12.1 Å². The van der Waals surface area contributed by atoms with Crippen LogP contribution >= 0.6 is 0 Å². The second-order valence-electron chi connectivity index (χ2n) is 4.43. The van der Waals surface area contributed by atoms with Crippen LogP contribution in [-0.4, -0.2) is 33.2 Å². The van der Waals surface area contributed by atoms with E-state index in [9.17, 15) is 9.00 Å². The second kappa shape index (κ2) is 5.63. The Balaban J connectivity index is 2.00. The summed E-state index contributed by atoms with van der Waals surface area (Å²) in [5.74, 6) is -0.487. The zero-order chi connectivity index (χ0) is 13.1. The fraction of sp³-hybridized carbons (Fsp3) is 0.462. The van der Waals surface area contributed by atoms with Crippen molar-refractivity contribution in [3.8, 4) is 0 Å². The third kappa shape index (κ3) is 2.97. The maximum Gasteiger partial charge on any atom is 0.335 e. The van der Waals surface area contributed by atoms with Gasteiger partial charge < -0.3 is 9.84 Å². The zero-order valence-electron chi connectivity index (χ0n) is 10.2. The molecule has 0 bridgehead atoms. The SMILES string of the molecule is CC1OCCC1S(=O)Cc1ccc(C(=O)O)cc1. The average molecular weight is 268 g/mol. The molecular weight excluding hydrogens is 252 g/mol. The lowest BCUT2D eigenvalue weighted by Gasteiger charge is -2.13. The van der Waals surface area contributed by atoms with Crippen LogP contribution < -0.4 is 0 Å². The Morgan fingerprint density at radius 2 is 2.11 bits per heavy atom. The van der Waals surface area contributed by atoms with E-state index in [0.717, 1.165) is 12.0 Å². The summed E-state index contributed by atoms with van der Waals surface area (Å²) in [7, 11) is -0.966. The van der Waals surface area contributed by atoms with Gasteiger partial charge in [0.15, 0.2) is 0 Å². The van der Waals surface area contributed by atoms with Crippen molar-refractivity contribution in [1.82, 2.24) is 0 Å². The van der Waals surface area contributed by atoms with Crippen molar-refractivity contribution in [3.05, 3.63) is 35.4 Å². The molecule has 0 aromatic heterocycles. The van der Waals surface area contributed by atoms with Crippen LogP contribution in [0.5, 0.6) is 0 Å². The van der Waals surface area contributed by atoms with Crippen molar-refractivity contribution in [2.75, 3.05) is 6.61 Å². The maximum atomic E-state index is 12.2. The smallest absolute Gasteiger partial charge is 0.335 e. The summed E-state index contributed by atoms with van der Waals surface area (Å²) >= 11 is 0. The van der Waals surface area contributed by atoms with Gasteiger partial charge in [0.25, 0.3) is 0 Å². The lowest BCUT2D eigenvalue weighted by Crippen LogP contribution is -2.24. The Hall–Kier alpha value is -1.20. The molecule has 1 heterocycles. The van der Waals surface area contributed by atoms with E-state index in [-0.39, 0.29) is 16.9 Å². The molecule has 3 atom stereocenters. The van der Waals surface area contributed by atoms with Crippen molar-refractivity contribution in [2.45, 2.75) is 30.5 Å². The number of rotatable bonds is 4. The predicted octanol–water partition coefficient (Wildman–Crippen LogP) is 1.81.